The van der Waals surface area contributed by atoms with Crippen LogP contribution in [0.4, 0.5) is 4.79 Å². The van der Waals surface area contributed by atoms with E-state index in [9.17, 15) is 4.79 Å². The van der Waals surface area contributed by atoms with Crippen LogP contribution in [-0.2, 0) is 4.74 Å². The maximum Gasteiger partial charge on any atom is 0.412 e. The minimum absolute atomic E-state index is 0.290. The minimum Gasteiger partial charge on any atom is -0.416 e. The molecular formula is C11H19NO2. The summed E-state index contributed by atoms with van der Waals surface area (Å²) in [5.74, 6) is 1.23. The van der Waals surface area contributed by atoms with Crippen molar-refractivity contribution < 1.29 is 9.53 Å². The smallest absolute Gasteiger partial charge is 0.412 e. The highest BCUT2D eigenvalue weighted by atomic mass is 16.6. The monoisotopic (exact) mass is 197 g/mol. The second kappa shape index (κ2) is 5.03. The first kappa shape index (κ1) is 11.1. The van der Waals surface area contributed by atoms with Gasteiger partial charge in [-0.15, -0.1) is 0 Å². The Morgan fingerprint density at radius 2 is 1.93 bits per heavy atom. The first-order valence-corrected chi connectivity index (χ1v) is 5.21. The molecule has 80 valence electrons. The number of rotatable bonds is 2. The van der Waals surface area contributed by atoms with E-state index in [-0.39, 0.29) is 12.1 Å². The number of nitrogens with one attached hydrogen (secondary N) is 1. The molecule has 0 aromatic carbocycles. The van der Waals surface area contributed by atoms with E-state index in [1.54, 1.807) is 6.92 Å². The van der Waals surface area contributed by atoms with Gasteiger partial charge in [-0.1, -0.05) is 13.5 Å². The summed E-state index contributed by atoms with van der Waals surface area (Å²) < 4.78 is 4.84. The molecule has 0 heterocycles. The minimum atomic E-state index is -0.364. The summed E-state index contributed by atoms with van der Waals surface area (Å²) in [4.78, 5) is 11.2. The highest BCUT2D eigenvalue weighted by Gasteiger charge is 2.20. The summed E-state index contributed by atoms with van der Waals surface area (Å²) >= 11 is 0. The molecule has 1 N–H and O–H groups in total. The van der Waals surface area contributed by atoms with Gasteiger partial charge in [0.15, 0.2) is 0 Å². The predicted molar refractivity (Wildman–Crippen MR) is 55.9 cm³/mol. The predicted octanol–water partition coefficient (Wildman–Crippen LogP) is 2.82. The Morgan fingerprint density at radius 3 is 2.43 bits per heavy atom. The number of hydrogen-bond donors (Lipinski definition) is 1. The standard InChI is InChI=1S/C11H19NO2/c1-8(2)14-11(13)12-10-6-4-9(3)5-7-10/h9-10H,1,4-7H2,2-3H3,(H,12,13). The summed E-state index contributed by atoms with van der Waals surface area (Å²) in [7, 11) is 0. The van der Waals surface area contributed by atoms with Crippen molar-refractivity contribution in [2.75, 3.05) is 0 Å². The van der Waals surface area contributed by atoms with Gasteiger partial charge in [0.05, 0.1) is 5.76 Å². The van der Waals surface area contributed by atoms with Crippen molar-refractivity contribution >= 4 is 6.09 Å². The van der Waals surface area contributed by atoms with Crippen molar-refractivity contribution in [1.82, 2.24) is 5.32 Å². The number of carbonyl (C=O) groups is 1. The van der Waals surface area contributed by atoms with E-state index in [0.29, 0.717) is 5.76 Å². The Balaban J connectivity index is 2.24. The second-order valence-corrected chi connectivity index (χ2v) is 4.19. The van der Waals surface area contributed by atoms with Gasteiger partial charge in [-0.3, -0.25) is 0 Å². The van der Waals surface area contributed by atoms with Crippen molar-refractivity contribution in [2.45, 2.75) is 45.6 Å². The Kier molecular flexibility index (Phi) is 3.98. The molecule has 1 amide bonds. The highest BCUT2D eigenvalue weighted by molar-refractivity contribution is 5.68. The third-order valence-corrected chi connectivity index (χ3v) is 2.60. The molecule has 0 aromatic heterocycles. The Morgan fingerprint density at radius 1 is 1.36 bits per heavy atom. The van der Waals surface area contributed by atoms with E-state index in [2.05, 4.69) is 18.8 Å². The Labute approximate surface area is 85.5 Å². The lowest BCUT2D eigenvalue weighted by atomic mass is 9.87. The van der Waals surface area contributed by atoms with Crippen LogP contribution in [0, 0.1) is 5.92 Å². The fourth-order valence-electron chi connectivity index (χ4n) is 1.76. The molecule has 1 fully saturated rings. The fourth-order valence-corrected chi connectivity index (χ4v) is 1.76. The first-order valence-electron chi connectivity index (χ1n) is 5.21. The lowest BCUT2D eigenvalue weighted by Crippen LogP contribution is -2.37. The Bertz CT molecular complexity index is 217. The number of carbonyl (C=O) groups excluding carboxylic acids is 1. The van der Waals surface area contributed by atoms with Crippen molar-refractivity contribution in [3.63, 3.8) is 0 Å². The molecule has 0 aliphatic heterocycles. The summed E-state index contributed by atoms with van der Waals surface area (Å²) in [6.07, 6.45) is 4.15. The van der Waals surface area contributed by atoms with E-state index in [1.165, 1.54) is 12.8 Å². The van der Waals surface area contributed by atoms with E-state index in [0.717, 1.165) is 18.8 Å². The molecule has 1 rings (SSSR count). The Hall–Kier alpha value is -0.990. The summed E-state index contributed by atoms with van der Waals surface area (Å²) in [5.41, 5.74) is 0. The van der Waals surface area contributed by atoms with E-state index in [4.69, 9.17) is 4.74 Å². The summed E-state index contributed by atoms with van der Waals surface area (Å²) in [5, 5.41) is 2.85. The van der Waals surface area contributed by atoms with Gasteiger partial charge in [-0.2, -0.15) is 0 Å². The lowest BCUT2D eigenvalue weighted by Gasteiger charge is -2.26. The highest BCUT2D eigenvalue weighted by Crippen LogP contribution is 2.23. The number of ether oxygens (including phenoxy) is 1. The molecule has 0 saturated heterocycles. The van der Waals surface area contributed by atoms with Gasteiger partial charge >= 0.3 is 6.09 Å². The molecule has 0 aromatic rings. The zero-order valence-corrected chi connectivity index (χ0v) is 9.01. The fraction of sp³-hybridized carbons (Fsp3) is 0.727. The number of alkyl carbamates (subject to hydrolysis) is 1. The normalized spacial score (nSPS) is 26.7. The van der Waals surface area contributed by atoms with Gasteiger partial charge in [0, 0.05) is 6.04 Å². The van der Waals surface area contributed by atoms with Gasteiger partial charge in [0.1, 0.15) is 0 Å². The molecule has 14 heavy (non-hydrogen) atoms. The van der Waals surface area contributed by atoms with Crippen molar-refractivity contribution in [3.05, 3.63) is 12.3 Å². The van der Waals surface area contributed by atoms with Crippen molar-refractivity contribution in [3.8, 4) is 0 Å². The van der Waals surface area contributed by atoms with Crippen LogP contribution in [0.1, 0.15) is 39.5 Å². The maximum absolute atomic E-state index is 11.2. The van der Waals surface area contributed by atoms with Gasteiger partial charge in [-0.25, -0.2) is 4.79 Å². The average Bonchev–Trinajstić information content (AvgIpc) is 2.07. The topological polar surface area (TPSA) is 38.3 Å². The second-order valence-electron chi connectivity index (χ2n) is 4.19. The number of amides is 1. The largest absolute Gasteiger partial charge is 0.416 e. The van der Waals surface area contributed by atoms with Gasteiger partial charge in [-0.05, 0) is 38.5 Å². The molecule has 1 aliphatic carbocycles. The van der Waals surface area contributed by atoms with E-state index >= 15 is 0 Å². The zero-order valence-electron chi connectivity index (χ0n) is 9.01. The molecule has 0 spiro atoms. The average molecular weight is 197 g/mol. The van der Waals surface area contributed by atoms with E-state index in [1.807, 2.05) is 0 Å². The first-order chi connectivity index (χ1) is 6.58. The van der Waals surface area contributed by atoms with Crippen LogP contribution in [0.3, 0.4) is 0 Å². The SMILES string of the molecule is C=C(C)OC(=O)NC1CCC(C)CC1. The van der Waals surface area contributed by atoms with Crippen LogP contribution < -0.4 is 5.32 Å². The molecule has 3 heteroatoms. The number of hydrogen-bond acceptors (Lipinski definition) is 2. The van der Waals surface area contributed by atoms with Crippen LogP contribution in [0.25, 0.3) is 0 Å². The van der Waals surface area contributed by atoms with Gasteiger partial charge in [0.2, 0.25) is 0 Å². The van der Waals surface area contributed by atoms with Crippen molar-refractivity contribution in [1.29, 1.82) is 0 Å². The van der Waals surface area contributed by atoms with Crippen LogP contribution >= 0.6 is 0 Å². The van der Waals surface area contributed by atoms with Crippen LogP contribution in [-0.4, -0.2) is 12.1 Å². The molecule has 0 radical (unpaired) electrons. The van der Waals surface area contributed by atoms with Crippen LogP contribution in [0.2, 0.25) is 0 Å². The van der Waals surface area contributed by atoms with Crippen LogP contribution in [0.5, 0.6) is 0 Å². The molecule has 3 nitrogen and oxygen atoms in total. The third kappa shape index (κ3) is 3.81. The quantitative estimate of drug-likeness (QED) is 0.691. The van der Waals surface area contributed by atoms with Crippen molar-refractivity contribution in [2.24, 2.45) is 5.92 Å². The molecular weight excluding hydrogens is 178 g/mol. The van der Waals surface area contributed by atoms with Gasteiger partial charge < -0.3 is 10.1 Å². The van der Waals surface area contributed by atoms with Crippen LogP contribution in [0.15, 0.2) is 12.3 Å². The molecule has 0 bridgehead atoms. The summed E-state index contributed by atoms with van der Waals surface area (Å²) in [6, 6.07) is 0.290. The number of allylic oxidation sites excluding steroid dienone is 1. The maximum atomic E-state index is 11.2. The molecule has 0 atom stereocenters. The lowest BCUT2D eigenvalue weighted by molar-refractivity contribution is 0.166. The summed E-state index contributed by atoms with van der Waals surface area (Å²) in [6.45, 7) is 7.44. The van der Waals surface area contributed by atoms with E-state index < -0.39 is 0 Å². The molecule has 1 saturated carbocycles. The molecule has 0 unspecified atom stereocenters. The third-order valence-electron chi connectivity index (χ3n) is 2.60. The molecule has 1 aliphatic rings. The zero-order chi connectivity index (χ0) is 10.6. The van der Waals surface area contributed by atoms with Gasteiger partial charge in [0.25, 0.3) is 0 Å².